The smallest absolute Gasteiger partial charge is 0.251 e. The molecule has 0 saturated heterocycles. The van der Waals surface area contributed by atoms with Crippen molar-refractivity contribution in [1.29, 1.82) is 0 Å². The van der Waals surface area contributed by atoms with Crippen molar-refractivity contribution in [3.8, 4) is 5.75 Å². The largest absolute Gasteiger partial charge is 0.508 e. The van der Waals surface area contributed by atoms with E-state index in [-0.39, 0.29) is 30.0 Å². The lowest BCUT2D eigenvalue weighted by molar-refractivity contribution is -0.121. The second kappa shape index (κ2) is 8.34. The van der Waals surface area contributed by atoms with Crippen LogP contribution in [0.3, 0.4) is 0 Å². The Kier molecular flexibility index (Phi) is 7.55. The van der Waals surface area contributed by atoms with Gasteiger partial charge in [0, 0.05) is 18.7 Å². The van der Waals surface area contributed by atoms with Gasteiger partial charge in [-0.15, -0.1) is 12.4 Å². The Hall–Kier alpha value is -1.79. The number of rotatable bonds is 5. The summed E-state index contributed by atoms with van der Waals surface area (Å²) in [7, 11) is 0. The zero-order valence-electron chi connectivity index (χ0n) is 10.6. The van der Waals surface area contributed by atoms with Gasteiger partial charge in [0.2, 0.25) is 5.91 Å². The van der Waals surface area contributed by atoms with Gasteiger partial charge in [0.1, 0.15) is 5.75 Å². The van der Waals surface area contributed by atoms with Gasteiger partial charge < -0.3 is 21.5 Å². The molecule has 7 heteroatoms. The Morgan fingerprint density at radius 2 is 1.74 bits per heavy atom. The van der Waals surface area contributed by atoms with Gasteiger partial charge in [-0.3, -0.25) is 9.59 Å². The van der Waals surface area contributed by atoms with E-state index < -0.39 is 6.04 Å². The summed E-state index contributed by atoms with van der Waals surface area (Å²) in [5.74, 6) is -0.408. The molecule has 1 unspecified atom stereocenters. The zero-order chi connectivity index (χ0) is 13.5. The molecule has 2 amide bonds. The second-order valence-electron chi connectivity index (χ2n) is 3.88. The van der Waals surface area contributed by atoms with Gasteiger partial charge in [-0.05, 0) is 31.2 Å². The van der Waals surface area contributed by atoms with E-state index in [9.17, 15) is 9.59 Å². The first-order valence-electron chi connectivity index (χ1n) is 5.61. The average Bonchev–Trinajstić information content (AvgIpc) is 2.34. The van der Waals surface area contributed by atoms with Crippen LogP contribution < -0.4 is 16.4 Å². The highest BCUT2D eigenvalue weighted by molar-refractivity contribution is 5.94. The summed E-state index contributed by atoms with van der Waals surface area (Å²) < 4.78 is 0. The normalized spacial score (nSPS) is 11.1. The summed E-state index contributed by atoms with van der Waals surface area (Å²) in [6.45, 7) is 2.23. The van der Waals surface area contributed by atoms with Crippen LogP contribution in [0.25, 0.3) is 0 Å². The van der Waals surface area contributed by atoms with Gasteiger partial charge in [0.15, 0.2) is 0 Å². The number of phenols is 1. The van der Waals surface area contributed by atoms with Crippen molar-refractivity contribution in [3.63, 3.8) is 0 Å². The van der Waals surface area contributed by atoms with E-state index in [1.807, 2.05) is 0 Å². The maximum absolute atomic E-state index is 11.6. The fourth-order valence-electron chi connectivity index (χ4n) is 1.24. The highest BCUT2D eigenvalue weighted by atomic mass is 35.5. The molecule has 0 bridgehead atoms. The molecule has 5 N–H and O–H groups in total. The highest BCUT2D eigenvalue weighted by Gasteiger charge is 2.07. The van der Waals surface area contributed by atoms with Gasteiger partial charge >= 0.3 is 0 Å². The molecule has 1 rings (SSSR count). The number of nitrogens with two attached hydrogens (primary N) is 1. The van der Waals surface area contributed by atoms with Gasteiger partial charge in [-0.25, -0.2) is 0 Å². The van der Waals surface area contributed by atoms with E-state index >= 15 is 0 Å². The lowest BCUT2D eigenvalue weighted by Gasteiger charge is -2.08. The predicted molar refractivity (Wildman–Crippen MR) is 74.3 cm³/mol. The van der Waals surface area contributed by atoms with Gasteiger partial charge in [-0.2, -0.15) is 0 Å². The number of hydrogen-bond donors (Lipinski definition) is 4. The number of hydrogen-bond acceptors (Lipinski definition) is 4. The molecule has 0 saturated carbocycles. The highest BCUT2D eigenvalue weighted by Crippen LogP contribution is 2.08. The first kappa shape index (κ1) is 17.2. The second-order valence-corrected chi connectivity index (χ2v) is 3.88. The molecule has 0 radical (unpaired) electrons. The average molecular weight is 288 g/mol. The van der Waals surface area contributed by atoms with Crippen molar-refractivity contribution in [1.82, 2.24) is 10.6 Å². The van der Waals surface area contributed by atoms with Crippen molar-refractivity contribution in [2.75, 3.05) is 13.1 Å². The quantitative estimate of drug-likeness (QED) is 0.573. The van der Waals surface area contributed by atoms with Crippen molar-refractivity contribution >= 4 is 24.2 Å². The summed E-state index contributed by atoms with van der Waals surface area (Å²) >= 11 is 0. The molecule has 1 atom stereocenters. The number of amides is 2. The molecule has 1 aromatic rings. The maximum atomic E-state index is 11.6. The van der Waals surface area contributed by atoms with Gasteiger partial charge in [0.05, 0.1) is 6.04 Å². The van der Waals surface area contributed by atoms with E-state index in [1.165, 1.54) is 24.3 Å². The van der Waals surface area contributed by atoms with E-state index in [0.717, 1.165) is 0 Å². The number of carbonyl (C=O) groups is 2. The predicted octanol–water partition coefficient (Wildman–Crippen LogP) is 0.00720. The van der Waals surface area contributed by atoms with Crippen molar-refractivity contribution in [3.05, 3.63) is 29.8 Å². The van der Waals surface area contributed by atoms with Crippen molar-refractivity contribution < 1.29 is 14.7 Å². The van der Waals surface area contributed by atoms with E-state index in [4.69, 9.17) is 10.8 Å². The first-order chi connectivity index (χ1) is 8.50. The van der Waals surface area contributed by atoms with E-state index in [0.29, 0.717) is 18.7 Å². The van der Waals surface area contributed by atoms with Crippen molar-refractivity contribution in [2.45, 2.75) is 13.0 Å². The third-order valence-corrected chi connectivity index (χ3v) is 2.25. The first-order valence-corrected chi connectivity index (χ1v) is 5.61. The van der Waals surface area contributed by atoms with Crippen LogP contribution in [-0.2, 0) is 4.79 Å². The molecule has 0 aliphatic rings. The van der Waals surface area contributed by atoms with Crippen LogP contribution in [0.4, 0.5) is 0 Å². The molecule has 6 nitrogen and oxygen atoms in total. The maximum Gasteiger partial charge on any atom is 0.251 e. The molecule has 0 fully saturated rings. The van der Waals surface area contributed by atoms with E-state index in [2.05, 4.69) is 10.6 Å². The molecular formula is C12H18ClN3O3. The van der Waals surface area contributed by atoms with Crippen LogP contribution in [0, 0.1) is 0 Å². The molecule has 0 heterocycles. The van der Waals surface area contributed by atoms with Crippen molar-refractivity contribution in [2.24, 2.45) is 5.73 Å². The van der Waals surface area contributed by atoms with Crippen LogP contribution in [-0.4, -0.2) is 36.1 Å². The van der Waals surface area contributed by atoms with Crippen LogP contribution in [0.1, 0.15) is 17.3 Å². The molecule has 0 aromatic heterocycles. The minimum Gasteiger partial charge on any atom is -0.508 e. The number of halogens is 1. The Bertz CT molecular complexity index is 421. The minimum absolute atomic E-state index is 0. The summed E-state index contributed by atoms with van der Waals surface area (Å²) in [6, 6.07) is 5.36. The Morgan fingerprint density at radius 1 is 1.21 bits per heavy atom. The number of carbonyl (C=O) groups excluding carboxylic acids is 2. The monoisotopic (exact) mass is 287 g/mol. The molecule has 19 heavy (non-hydrogen) atoms. The minimum atomic E-state index is -0.558. The summed E-state index contributed by atoms with van der Waals surface area (Å²) in [5, 5.41) is 14.3. The zero-order valence-corrected chi connectivity index (χ0v) is 11.4. The fraction of sp³-hybridized carbons (Fsp3) is 0.333. The topological polar surface area (TPSA) is 104 Å². The Morgan fingerprint density at radius 3 is 2.26 bits per heavy atom. The van der Waals surface area contributed by atoms with Crippen LogP contribution in [0.15, 0.2) is 24.3 Å². The summed E-state index contributed by atoms with van der Waals surface area (Å²) in [5.41, 5.74) is 5.81. The summed E-state index contributed by atoms with van der Waals surface area (Å²) in [4.78, 5) is 22.7. The van der Waals surface area contributed by atoms with Crippen LogP contribution in [0.2, 0.25) is 0 Å². The lowest BCUT2D eigenvalue weighted by atomic mass is 10.2. The molecule has 0 aliphatic heterocycles. The SMILES string of the molecule is CC(N)C(=O)NCCNC(=O)c1ccc(O)cc1.Cl. The third kappa shape index (κ3) is 6.08. The third-order valence-electron chi connectivity index (χ3n) is 2.25. The van der Waals surface area contributed by atoms with E-state index in [1.54, 1.807) is 6.92 Å². The molecule has 1 aromatic carbocycles. The molecule has 0 spiro atoms. The Labute approximate surface area is 117 Å². The number of nitrogens with one attached hydrogen (secondary N) is 2. The van der Waals surface area contributed by atoms with Crippen LogP contribution in [0.5, 0.6) is 5.75 Å². The molecular weight excluding hydrogens is 270 g/mol. The standard InChI is InChI=1S/C12H17N3O3.ClH/c1-8(13)11(17)14-6-7-15-12(18)9-2-4-10(16)5-3-9;/h2-5,8,16H,6-7,13H2,1H3,(H,14,17)(H,15,18);1H. The molecule has 106 valence electrons. The van der Waals surface area contributed by atoms with Gasteiger partial charge in [0.25, 0.3) is 5.91 Å². The van der Waals surface area contributed by atoms with Crippen LogP contribution >= 0.6 is 12.4 Å². The molecule has 0 aliphatic carbocycles. The fourth-order valence-corrected chi connectivity index (χ4v) is 1.24. The number of phenolic OH excluding ortho intramolecular Hbond substituents is 1. The van der Waals surface area contributed by atoms with Gasteiger partial charge in [-0.1, -0.05) is 0 Å². The summed E-state index contributed by atoms with van der Waals surface area (Å²) in [6.07, 6.45) is 0. The number of aromatic hydroxyl groups is 1. The Balaban J connectivity index is 0.00000324. The number of benzene rings is 1. The lowest BCUT2D eigenvalue weighted by Crippen LogP contribution is -2.42.